The van der Waals surface area contributed by atoms with Gasteiger partial charge in [0.25, 0.3) is 5.91 Å². The van der Waals surface area contributed by atoms with Gasteiger partial charge in [0.15, 0.2) is 0 Å². The van der Waals surface area contributed by atoms with Crippen molar-refractivity contribution in [1.82, 2.24) is 4.90 Å². The van der Waals surface area contributed by atoms with E-state index < -0.39 is 0 Å². The molecule has 3 rings (SSSR count). The zero-order valence-corrected chi connectivity index (χ0v) is 13.0. The molecular weight excluding hydrogens is 258 g/mol. The number of amides is 1. The fourth-order valence-corrected chi connectivity index (χ4v) is 3.10. The summed E-state index contributed by atoms with van der Waals surface area (Å²) in [5, 5.41) is 0. The molecule has 0 spiro atoms. The van der Waals surface area contributed by atoms with Crippen molar-refractivity contribution in [2.75, 3.05) is 13.1 Å². The standard InChI is InChI=1S/C19H25NO/c1-15-6-10-18(11-7-15)19(21)20-12-2-4-16(5-3-13-20)14-17-8-9-17/h4,6-7,10-11,17H,2-3,5,8-9,12-14H2,1H3. The van der Waals surface area contributed by atoms with Crippen molar-refractivity contribution < 1.29 is 4.79 Å². The summed E-state index contributed by atoms with van der Waals surface area (Å²) in [6, 6.07) is 7.94. The van der Waals surface area contributed by atoms with Crippen LogP contribution in [0.3, 0.4) is 0 Å². The summed E-state index contributed by atoms with van der Waals surface area (Å²) in [6.45, 7) is 3.81. The molecule has 0 N–H and O–H groups in total. The van der Waals surface area contributed by atoms with E-state index in [0.717, 1.165) is 37.4 Å². The van der Waals surface area contributed by atoms with Crippen LogP contribution in [0, 0.1) is 12.8 Å². The molecule has 2 nitrogen and oxygen atoms in total. The number of carbonyl (C=O) groups is 1. The molecule has 1 heterocycles. The van der Waals surface area contributed by atoms with Gasteiger partial charge in [-0.2, -0.15) is 0 Å². The number of allylic oxidation sites excluding steroid dienone is 1. The Morgan fingerprint density at radius 3 is 2.67 bits per heavy atom. The van der Waals surface area contributed by atoms with Crippen LogP contribution in [-0.4, -0.2) is 23.9 Å². The Hall–Kier alpha value is -1.57. The normalized spacial score (nSPS) is 19.7. The van der Waals surface area contributed by atoms with Crippen LogP contribution >= 0.6 is 0 Å². The van der Waals surface area contributed by atoms with E-state index in [1.54, 1.807) is 5.57 Å². The molecule has 0 atom stereocenters. The number of aryl methyl sites for hydroxylation is 1. The van der Waals surface area contributed by atoms with Crippen molar-refractivity contribution in [2.24, 2.45) is 5.92 Å². The van der Waals surface area contributed by atoms with Crippen LogP contribution in [-0.2, 0) is 0 Å². The van der Waals surface area contributed by atoms with Crippen molar-refractivity contribution in [1.29, 1.82) is 0 Å². The first-order chi connectivity index (χ1) is 10.2. The van der Waals surface area contributed by atoms with E-state index in [0.29, 0.717) is 0 Å². The summed E-state index contributed by atoms with van der Waals surface area (Å²) >= 11 is 0. The Labute approximate surface area is 127 Å². The van der Waals surface area contributed by atoms with Gasteiger partial charge in [-0.25, -0.2) is 0 Å². The smallest absolute Gasteiger partial charge is 0.253 e. The minimum Gasteiger partial charge on any atom is -0.338 e. The molecule has 0 saturated heterocycles. The van der Waals surface area contributed by atoms with Gasteiger partial charge in [0.1, 0.15) is 0 Å². The van der Waals surface area contributed by atoms with Crippen LogP contribution in [0.4, 0.5) is 0 Å². The lowest BCUT2D eigenvalue weighted by Gasteiger charge is -2.25. The number of nitrogens with zero attached hydrogens (tertiary/aromatic N) is 1. The van der Waals surface area contributed by atoms with Gasteiger partial charge in [0.2, 0.25) is 0 Å². The van der Waals surface area contributed by atoms with E-state index in [2.05, 4.69) is 13.0 Å². The molecular formula is C19H25NO. The van der Waals surface area contributed by atoms with Crippen molar-refractivity contribution >= 4 is 5.91 Å². The van der Waals surface area contributed by atoms with E-state index in [4.69, 9.17) is 0 Å². The van der Waals surface area contributed by atoms with Crippen molar-refractivity contribution in [3.05, 3.63) is 47.0 Å². The maximum atomic E-state index is 12.6. The molecule has 21 heavy (non-hydrogen) atoms. The third-order valence-electron chi connectivity index (χ3n) is 4.59. The lowest BCUT2D eigenvalue weighted by Crippen LogP contribution is -2.33. The SMILES string of the molecule is Cc1ccc(C(=O)N2CCC=C(CC3CC3)CCC2)cc1. The summed E-state index contributed by atoms with van der Waals surface area (Å²) in [5.41, 5.74) is 3.66. The minimum absolute atomic E-state index is 0.189. The Balaban J connectivity index is 1.60. The molecule has 2 aliphatic rings. The van der Waals surface area contributed by atoms with Gasteiger partial charge in [-0.05, 0) is 63.5 Å². The van der Waals surface area contributed by atoms with Crippen LogP contribution in [0.15, 0.2) is 35.9 Å². The Bertz CT molecular complexity index is 525. The monoisotopic (exact) mass is 283 g/mol. The van der Waals surface area contributed by atoms with Crippen LogP contribution in [0.1, 0.15) is 54.4 Å². The average Bonchev–Trinajstić information content (AvgIpc) is 3.26. The lowest BCUT2D eigenvalue weighted by atomic mass is 10.0. The highest BCUT2D eigenvalue weighted by atomic mass is 16.2. The van der Waals surface area contributed by atoms with Crippen LogP contribution in [0.2, 0.25) is 0 Å². The number of hydrogen-bond acceptors (Lipinski definition) is 1. The molecule has 1 amide bonds. The Kier molecular flexibility index (Phi) is 4.42. The maximum absolute atomic E-state index is 12.6. The summed E-state index contributed by atoms with van der Waals surface area (Å²) < 4.78 is 0. The van der Waals surface area contributed by atoms with Gasteiger partial charge < -0.3 is 4.90 Å². The van der Waals surface area contributed by atoms with Crippen LogP contribution in [0.25, 0.3) is 0 Å². The number of rotatable bonds is 3. The van der Waals surface area contributed by atoms with E-state index >= 15 is 0 Å². The summed E-state index contributed by atoms with van der Waals surface area (Å²) in [4.78, 5) is 14.6. The lowest BCUT2D eigenvalue weighted by molar-refractivity contribution is 0.0754. The van der Waals surface area contributed by atoms with Gasteiger partial charge in [-0.3, -0.25) is 4.79 Å². The molecule has 1 aliphatic heterocycles. The number of carbonyl (C=O) groups excluding carboxylic acids is 1. The van der Waals surface area contributed by atoms with Crippen LogP contribution < -0.4 is 0 Å². The second-order valence-electron chi connectivity index (χ2n) is 6.56. The van der Waals surface area contributed by atoms with Crippen molar-refractivity contribution in [3.63, 3.8) is 0 Å². The quantitative estimate of drug-likeness (QED) is 0.755. The predicted molar refractivity (Wildman–Crippen MR) is 86.4 cm³/mol. The molecule has 0 unspecified atom stereocenters. The predicted octanol–water partition coefficient (Wildman–Crippen LogP) is 4.35. The molecule has 1 fully saturated rings. The van der Waals surface area contributed by atoms with Crippen LogP contribution in [0.5, 0.6) is 0 Å². The average molecular weight is 283 g/mol. The number of hydrogen-bond donors (Lipinski definition) is 0. The first-order valence-electron chi connectivity index (χ1n) is 8.26. The van der Waals surface area contributed by atoms with Gasteiger partial charge in [-0.1, -0.05) is 29.3 Å². The van der Waals surface area contributed by atoms with Gasteiger partial charge in [-0.15, -0.1) is 0 Å². The first kappa shape index (κ1) is 14.4. The molecule has 1 aromatic carbocycles. The van der Waals surface area contributed by atoms with E-state index in [1.807, 2.05) is 29.2 Å². The van der Waals surface area contributed by atoms with Gasteiger partial charge in [0, 0.05) is 18.7 Å². The summed E-state index contributed by atoms with van der Waals surface area (Å²) in [7, 11) is 0. The molecule has 1 aromatic rings. The van der Waals surface area contributed by atoms with Crippen molar-refractivity contribution in [2.45, 2.75) is 45.4 Å². The highest BCUT2D eigenvalue weighted by Gasteiger charge is 2.23. The highest BCUT2D eigenvalue weighted by Crippen LogP contribution is 2.36. The fraction of sp³-hybridized carbons (Fsp3) is 0.526. The fourth-order valence-electron chi connectivity index (χ4n) is 3.10. The molecule has 0 aromatic heterocycles. The van der Waals surface area contributed by atoms with E-state index in [1.165, 1.54) is 31.2 Å². The van der Waals surface area contributed by atoms with Gasteiger partial charge in [0.05, 0.1) is 0 Å². The third kappa shape index (κ3) is 3.96. The largest absolute Gasteiger partial charge is 0.338 e. The molecule has 0 radical (unpaired) electrons. The first-order valence-corrected chi connectivity index (χ1v) is 8.26. The Morgan fingerprint density at radius 1 is 1.19 bits per heavy atom. The van der Waals surface area contributed by atoms with E-state index in [9.17, 15) is 4.79 Å². The van der Waals surface area contributed by atoms with Gasteiger partial charge >= 0.3 is 0 Å². The second kappa shape index (κ2) is 6.46. The second-order valence-corrected chi connectivity index (χ2v) is 6.56. The minimum atomic E-state index is 0.189. The molecule has 1 aliphatic carbocycles. The highest BCUT2D eigenvalue weighted by molar-refractivity contribution is 5.94. The maximum Gasteiger partial charge on any atom is 0.253 e. The topological polar surface area (TPSA) is 20.3 Å². The summed E-state index contributed by atoms with van der Waals surface area (Å²) in [5.74, 6) is 1.16. The zero-order valence-electron chi connectivity index (χ0n) is 13.0. The summed E-state index contributed by atoms with van der Waals surface area (Å²) in [6.07, 6.45) is 9.85. The molecule has 2 heteroatoms. The Morgan fingerprint density at radius 2 is 1.95 bits per heavy atom. The molecule has 1 saturated carbocycles. The molecule has 0 bridgehead atoms. The third-order valence-corrected chi connectivity index (χ3v) is 4.59. The number of benzene rings is 1. The molecule has 112 valence electrons. The van der Waals surface area contributed by atoms with E-state index in [-0.39, 0.29) is 5.91 Å². The van der Waals surface area contributed by atoms with Crippen molar-refractivity contribution in [3.8, 4) is 0 Å². The zero-order chi connectivity index (χ0) is 14.7.